The minimum absolute atomic E-state index is 0.102. The van der Waals surface area contributed by atoms with Gasteiger partial charge in [0.1, 0.15) is 23.7 Å². The topological polar surface area (TPSA) is 85.6 Å². The van der Waals surface area contributed by atoms with Crippen LogP contribution < -0.4 is 5.32 Å². The van der Waals surface area contributed by atoms with Gasteiger partial charge < -0.3 is 5.32 Å². The van der Waals surface area contributed by atoms with Crippen molar-refractivity contribution in [2.45, 2.75) is 39.3 Å². The molecule has 1 aliphatic heterocycles. The molecule has 0 saturated carbocycles. The summed E-state index contributed by atoms with van der Waals surface area (Å²) in [6, 6.07) is 1.59. The number of hydrogen-bond donors (Lipinski definition) is 1. The molecule has 7 heteroatoms. The molecule has 7 nitrogen and oxygen atoms in total. The first-order valence-corrected chi connectivity index (χ1v) is 6.64. The van der Waals surface area contributed by atoms with Crippen molar-refractivity contribution < 1.29 is 4.79 Å². The Bertz CT molecular complexity index is 630. The summed E-state index contributed by atoms with van der Waals surface area (Å²) in [6.07, 6.45) is 3.37. The normalized spacial score (nSPS) is 17.6. The Hall–Kier alpha value is -2.31. The van der Waals surface area contributed by atoms with Gasteiger partial charge in [-0.05, 0) is 32.8 Å². The number of rotatable bonds is 2. The van der Waals surface area contributed by atoms with E-state index in [1.807, 2.05) is 11.6 Å². The third-order valence-electron chi connectivity index (χ3n) is 3.32. The first kappa shape index (κ1) is 12.7. The molecule has 0 aliphatic carbocycles. The summed E-state index contributed by atoms with van der Waals surface area (Å²) in [5.74, 6) is 1.22. The Morgan fingerprint density at radius 1 is 1.40 bits per heavy atom. The van der Waals surface area contributed by atoms with Crippen LogP contribution in [0, 0.1) is 13.8 Å². The van der Waals surface area contributed by atoms with Crippen LogP contribution in [0.25, 0.3) is 0 Å². The lowest BCUT2D eigenvalue weighted by molar-refractivity contribution is 0.0921. The maximum atomic E-state index is 12.3. The van der Waals surface area contributed by atoms with Crippen LogP contribution in [0.2, 0.25) is 0 Å². The number of fused-ring (bicyclic) bond motifs is 1. The van der Waals surface area contributed by atoms with Crippen molar-refractivity contribution in [3.8, 4) is 0 Å². The average molecular weight is 272 g/mol. The van der Waals surface area contributed by atoms with Crippen molar-refractivity contribution in [3.63, 3.8) is 0 Å². The molecule has 2 aromatic rings. The minimum Gasteiger partial charge on any atom is -0.341 e. The van der Waals surface area contributed by atoms with Gasteiger partial charge in [-0.25, -0.2) is 19.6 Å². The zero-order valence-corrected chi connectivity index (χ0v) is 11.5. The Kier molecular flexibility index (Phi) is 3.17. The maximum absolute atomic E-state index is 12.3. The predicted octanol–water partition coefficient (Wildman–Crippen LogP) is 0.950. The number of nitrogens with one attached hydrogen (secondary N) is 1. The highest BCUT2D eigenvalue weighted by Crippen LogP contribution is 2.22. The highest BCUT2D eigenvalue weighted by atomic mass is 16.2. The molecule has 1 atom stereocenters. The zero-order valence-electron chi connectivity index (χ0n) is 11.5. The second-order valence-electron chi connectivity index (χ2n) is 4.95. The highest BCUT2D eigenvalue weighted by Gasteiger charge is 2.24. The molecule has 0 saturated heterocycles. The summed E-state index contributed by atoms with van der Waals surface area (Å²) in [5.41, 5.74) is 1.18. The van der Waals surface area contributed by atoms with E-state index >= 15 is 0 Å². The molecule has 0 fully saturated rings. The Morgan fingerprint density at radius 2 is 2.25 bits per heavy atom. The first-order valence-electron chi connectivity index (χ1n) is 6.64. The third kappa shape index (κ3) is 2.38. The third-order valence-corrected chi connectivity index (χ3v) is 3.32. The van der Waals surface area contributed by atoms with E-state index in [0.29, 0.717) is 11.5 Å². The number of aryl methyl sites for hydroxylation is 3. The summed E-state index contributed by atoms with van der Waals surface area (Å²) in [7, 11) is 0. The van der Waals surface area contributed by atoms with Gasteiger partial charge in [-0.1, -0.05) is 0 Å². The minimum atomic E-state index is -0.194. The molecule has 0 aromatic carbocycles. The van der Waals surface area contributed by atoms with Gasteiger partial charge in [-0.2, -0.15) is 5.10 Å². The monoisotopic (exact) mass is 272 g/mol. The van der Waals surface area contributed by atoms with Gasteiger partial charge in [-0.15, -0.1) is 0 Å². The van der Waals surface area contributed by atoms with Gasteiger partial charge in [0.05, 0.1) is 6.04 Å². The molecule has 2 aromatic heterocycles. The lowest BCUT2D eigenvalue weighted by Crippen LogP contribution is -2.34. The Balaban J connectivity index is 1.80. The van der Waals surface area contributed by atoms with Gasteiger partial charge in [-0.3, -0.25) is 4.79 Å². The largest absolute Gasteiger partial charge is 0.341 e. The molecule has 1 aliphatic rings. The second-order valence-corrected chi connectivity index (χ2v) is 4.95. The van der Waals surface area contributed by atoms with E-state index < -0.39 is 0 Å². The summed E-state index contributed by atoms with van der Waals surface area (Å²) < 4.78 is 1.84. The van der Waals surface area contributed by atoms with Gasteiger partial charge in [0.15, 0.2) is 0 Å². The van der Waals surface area contributed by atoms with E-state index in [-0.39, 0.29) is 11.9 Å². The van der Waals surface area contributed by atoms with E-state index in [1.54, 1.807) is 13.0 Å². The number of nitrogens with zero attached hydrogens (tertiary/aromatic N) is 5. The van der Waals surface area contributed by atoms with Crippen LogP contribution in [-0.2, 0) is 6.54 Å². The molecule has 0 bridgehead atoms. The second kappa shape index (κ2) is 4.99. The summed E-state index contributed by atoms with van der Waals surface area (Å²) in [5, 5.41) is 7.12. The van der Waals surface area contributed by atoms with Crippen LogP contribution in [0.4, 0.5) is 0 Å². The van der Waals surface area contributed by atoms with Crippen molar-refractivity contribution in [1.82, 2.24) is 30.0 Å². The molecule has 1 N–H and O–H groups in total. The average Bonchev–Trinajstić information content (AvgIpc) is 2.87. The molecule has 1 unspecified atom stereocenters. The first-order chi connectivity index (χ1) is 9.63. The van der Waals surface area contributed by atoms with Crippen molar-refractivity contribution in [2.75, 3.05) is 0 Å². The van der Waals surface area contributed by atoms with E-state index in [2.05, 4.69) is 25.4 Å². The fourth-order valence-electron chi connectivity index (χ4n) is 2.49. The highest BCUT2D eigenvalue weighted by molar-refractivity contribution is 5.92. The molecule has 0 radical (unpaired) electrons. The van der Waals surface area contributed by atoms with E-state index in [4.69, 9.17) is 0 Å². The fourth-order valence-corrected chi connectivity index (χ4v) is 2.49. The molecule has 20 heavy (non-hydrogen) atoms. The van der Waals surface area contributed by atoms with Crippen LogP contribution >= 0.6 is 0 Å². The number of aromatic nitrogens is 5. The van der Waals surface area contributed by atoms with Crippen LogP contribution in [0.15, 0.2) is 12.4 Å². The van der Waals surface area contributed by atoms with Crippen molar-refractivity contribution in [1.29, 1.82) is 0 Å². The predicted molar refractivity (Wildman–Crippen MR) is 71.0 cm³/mol. The van der Waals surface area contributed by atoms with Gasteiger partial charge >= 0.3 is 0 Å². The van der Waals surface area contributed by atoms with Crippen LogP contribution in [0.5, 0.6) is 0 Å². The molecule has 1 amide bonds. The van der Waals surface area contributed by atoms with Gasteiger partial charge in [0, 0.05) is 12.2 Å². The lowest BCUT2D eigenvalue weighted by Gasteiger charge is -2.23. The van der Waals surface area contributed by atoms with E-state index in [0.717, 1.165) is 30.9 Å². The number of amides is 1. The molecule has 104 valence electrons. The smallest absolute Gasteiger partial charge is 0.270 e. The van der Waals surface area contributed by atoms with E-state index in [9.17, 15) is 4.79 Å². The molecule has 0 spiro atoms. The Morgan fingerprint density at radius 3 is 3.05 bits per heavy atom. The number of carbonyl (C=O) groups is 1. The van der Waals surface area contributed by atoms with E-state index in [1.165, 1.54) is 6.33 Å². The van der Waals surface area contributed by atoms with Gasteiger partial charge in [0.2, 0.25) is 0 Å². The van der Waals surface area contributed by atoms with Crippen LogP contribution in [-0.4, -0.2) is 30.6 Å². The zero-order chi connectivity index (χ0) is 14.1. The molecule has 3 rings (SSSR count). The quantitative estimate of drug-likeness (QED) is 0.879. The van der Waals surface area contributed by atoms with Crippen molar-refractivity contribution in [2.24, 2.45) is 0 Å². The van der Waals surface area contributed by atoms with Crippen molar-refractivity contribution >= 4 is 5.91 Å². The van der Waals surface area contributed by atoms with Crippen LogP contribution in [0.3, 0.4) is 0 Å². The molecular formula is C13H16N6O. The number of hydrogen-bond acceptors (Lipinski definition) is 5. The fraction of sp³-hybridized carbons (Fsp3) is 0.462. The van der Waals surface area contributed by atoms with Crippen LogP contribution in [0.1, 0.15) is 46.7 Å². The molecular weight excluding hydrogens is 256 g/mol. The summed E-state index contributed by atoms with van der Waals surface area (Å²) in [4.78, 5) is 24.9. The number of carbonyl (C=O) groups excluding carboxylic acids is 1. The maximum Gasteiger partial charge on any atom is 0.270 e. The van der Waals surface area contributed by atoms with Crippen molar-refractivity contribution in [3.05, 3.63) is 35.4 Å². The SMILES string of the molecule is Cc1cc(C(=O)NC2CCCn3ncnc32)nc(C)n1. The Labute approximate surface area is 116 Å². The van der Waals surface area contributed by atoms with Gasteiger partial charge in [0.25, 0.3) is 5.91 Å². The lowest BCUT2D eigenvalue weighted by atomic mass is 10.1. The standard InChI is InChI=1S/C13H16N6O/c1-8-6-11(17-9(2)16-8)13(20)18-10-4-3-5-19-12(10)14-7-15-19/h6-7,10H,3-5H2,1-2H3,(H,18,20). The summed E-state index contributed by atoms with van der Waals surface area (Å²) in [6.45, 7) is 4.48. The summed E-state index contributed by atoms with van der Waals surface area (Å²) >= 11 is 0. The molecule has 3 heterocycles.